The first-order chi connectivity index (χ1) is 12.2. The fourth-order valence-electron chi connectivity index (χ4n) is 2.43. The quantitative estimate of drug-likeness (QED) is 0.743. The van der Waals surface area contributed by atoms with Crippen LogP contribution < -0.4 is 20.1 Å². The third kappa shape index (κ3) is 4.96. The summed E-state index contributed by atoms with van der Waals surface area (Å²) >= 11 is 1.40. The molecule has 2 N–H and O–H groups in total. The number of thiophene rings is 1. The molecule has 0 aliphatic carbocycles. The number of hydrogen-bond donors (Lipinski definition) is 2. The van der Waals surface area contributed by atoms with E-state index in [-0.39, 0.29) is 17.9 Å². The van der Waals surface area contributed by atoms with E-state index in [2.05, 4.69) is 10.6 Å². The zero-order chi connectivity index (χ0) is 17.5. The van der Waals surface area contributed by atoms with Gasteiger partial charge in [0.25, 0.3) is 5.91 Å². The average Bonchev–Trinajstić information content (AvgIpc) is 3.18. The van der Waals surface area contributed by atoms with Crippen LogP contribution in [0.25, 0.3) is 0 Å². The predicted molar refractivity (Wildman–Crippen MR) is 95.2 cm³/mol. The van der Waals surface area contributed by atoms with E-state index in [9.17, 15) is 9.59 Å². The van der Waals surface area contributed by atoms with E-state index in [1.807, 2.05) is 35.7 Å². The molecule has 1 aromatic heterocycles. The maximum absolute atomic E-state index is 11.9. The molecule has 0 spiro atoms. The van der Waals surface area contributed by atoms with Gasteiger partial charge in [0, 0.05) is 13.0 Å². The molecule has 2 heterocycles. The molecule has 0 bridgehead atoms. The number of carbonyl (C=O) groups excluding carboxylic acids is 2. The first-order valence-electron chi connectivity index (χ1n) is 8.19. The number of ether oxygens (including phenoxy) is 2. The zero-order valence-electron chi connectivity index (χ0n) is 13.7. The highest BCUT2D eigenvalue weighted by molar-refractivity contribution is 7.12. The summed E-state index contributed by atoms with van der Waals surface area (Å²) < 4.78 is 11.4. The van der Waals surface area contributed by atoms with Gasteiger partial charge in [0.2, 0.25) is 5.91 Å². The van der Waals surface area contributed by atoms with Gasteiger partial charge in [-0.2, -0.15) is 0 Å². The van der Waals surface area contributed by atoms with Crippen LogP contribution in [0.2, 0.25) is 0 Å². The van der Waals surface area contributed by atoms with Gasteiger partial charge in [-0.25, -0.2) is 0 Å². The second-order valence-electron chi connectivity index (χ2n) is 5.64. The number of carbonyl (C=O) groups is 2. The second-order valence-corrected chi connectivity index (χ2v) is 6.59. The third-order valence-electron chi connectivity index (χ3n) is 3.71. The predicted octanol–water partition coefficient (Wildman–Crippen LogP) is 2.21. The SMILES string of the molecule is O=C(CCCNC(=O)c1cccs1)NCC1COc2ccccc2O1. The molecule has 0 saturated carbocycles. The Hall–Kier alpha value is -2.54. The summed E-state index contributed by atoms with van der Waals surface area (Å²) in [6, 6.07) is 11.1. The molecule has 0 fully saturated rings. The highest BCUT2D eigenvalue weighted by Crippen LogP contribution is 2.30. The van der Waals surface area contributed by atoms with Crippen LogP contribution in [-0.4, -0.2) is 37.6 Å². The molecule has 0 radical (unpaired) electrons. The van der Waals surface area contributed by atoms with Gasteiger partial charge in [-0.1, -0.05) is 18.2 Å². The molecule has 3 rings (SSSR count). The standard InChI is InChI=1S/C18H20N2O4S/c21-17(8-3-9-19-18(22)16-7-4-10-25-16)20-11-13-12-23-14-5-1-2-6-15(14)24-13/h1-2,4-7,10,13H,3,8-9,11-12H2,(H,19,22)(H,20,21). The topological polar surface area (TPSA) is 76.7 Å². The fourth-order valence-corrected chi connectivity index (χ4v) is 3.07. The highest BCUT2D eigenvalue weighted by Gasteiger charge is 2.20. The van der Waals surface area contributed by atoms with Crippen molar-refractivity contribution in [1.82, 2.24) is 10.6 Å². The van der Waals surface area contributed by atoms with Gasteiger partial charge in [-0.05, 0) is 30.0 Å². The van der Waals surface area contributed by atoms with E-state index in [4.69, 9.17) is 9.47 Å². The van der Waals surface area contributed by atoms with E-state index in [0.717, 1.165) is 5.75 Å². The summed E-state index contributed by atoms with van der Waals surface area (Å²) in [6.45, 7) is 1.28. The molecule has 0 saturated heterocycles. The fraction of sp³-hybridized carbons (Fsp3) is 0.333. The van der Waals surface area contributed by atoms with Crippen molar-refractivity contribution in [3.8, 4) is 11.5 Å². The van der Waals surface area contributed by atoms with Crippen LogP contribution in [0.15, 0.2) is 41.8 Å². The van der Waals surface area contributed by atoms with Gasteiger partial charge in [0.05, 0.1) is 11.4 Å². The lowest BCUT2D eigenvalue weighted by atomic mass is 10.2. The number of benzene rings is 1. The molecule has 2 aromatic rings. The normalized spacial score (nSPS) is 15.4. The number of amides is 2. The van der Waals surface area contributed by atoms with E-state index in [1.165, 1.54) is 11.3 Å². The molecule has 1 atom stereocenters. The minimum absolute atomic E-state index is 0.0622. The highest BCUT2D eigenvalue weighted by atomic mass is 32.1. The maximum Gasteiger partial charge on any atom is 0.261 e. The van der Waals surface area contributed by atoms with Gasteiger partial charge >= 0.3 is 0 Å². The maximum atomic E-state index is 11.9. The molecule has 25 heavy (non-hydrogen) atoms. The number of nitrogens with one attached hydrogen (secondary N) is 2. The lowest BCUT2D eigenvalue weighted by Crippen LogP contribution is -2.40. The summed E-state index contributed by atoms with van der Waals surface area (Å²) in [6.07, 6.45) is 0.750. The summed E-state index contributed by atoms with van der Waals surface area (Å²) in [4.78, 5) is 24.3. The van der Waals surface area contributed by atoms with E-state index < -0.39 is 0 Å². The first kappa shape index (κ1) is 17.3. The van der Waals surface area contributed by atoms with Crippen molar-refractivity contribution < 1.29 is 19.1 Å². The molecule has 2 amide bonds. The molecular weight excluding hydrogens is 340 g/mol. The Labute approximate surface area is 150 Å². The minimum Gasteiger partial charge on any atom is -0.486 e. The number of fused-ring (bicyclic) bond motifs is 1. The Kier molecular flexibility index (Phi) is 5.90. The summed E-state index contributed by atoms with van der Waals surface area (Å²) in [7, 11) is 0. The number of hydrogen-bond acceptors (Lipinski definition) is 5. The Morgan fingerprint density at radius 2 is 1.96 bits per heavy atom. The van der Waals surface area contributed by atoms with E-state index in [0.29, 0.717) is 43.2 Å². The van der Waals surface area contributed by atoms with Crippen molar-refractivity contribution in [2.24, 2.45) is 0 Å². The molecule has 1 aliphatic heterocycles. The van der Waals surface area contributed by atoms with E-state index >= 15 is 0 Å². The molecule has 1 unspecified atom stereocenters. The molecule has 1 aromatic carbocycles. The van der Waals surface area contributed by atoms with Gasteiger partial charge in [0.1, 0.15) is 12.7 Å². The van der Waals surface area contributed by atoms with Crippen molar-refractivity contribution in [2.45, 2.75) is 18.9 Å². The largest absolute Gasteiger partial charge is 0.486 e. The Morgan fingerprint density at radius 3 is 2.76 bits per heavy atom. The lowest BCUT2D eigenvalue weighted by molar-refractivity contribution is -0.121. The Balaban J connectivity index is 1.30. The second kappa shape index (κ2) is 8.53. The number of para-hydroxylation sites is 2. The van der Waals surface area contributed by atoms with Crippen LogP contribution in [0.4, 0.5) is 0 Å². The molecular formula is C18H20N2O4S. The summed E-state index contributed by atoms with van der Waals surface area (Å²) in [5.41, 5.74) is 0. The van der Waals surface area contributed by atoms with Crippen LogP contribution in [0, 0.1) is 0 Å². The van der Waals surface area contributed by atoms with Gasteiger partial charge in [-0.3, -0.25) is 9.59 Å². The van der Waals surface area contributed by atoms with Crippen molar-refractivity contribution in [2.75, 3.05) is 19.7 Å². The Bertz CT molecular complexity index is 718. The molecule has 6 nitrogen and oxygen atoms in total. The third-order valence-corrected chi connectivity index (χ3v) is 4.57. The molecule has 1 aliphatic rings. The average molecular weight is 360 g/mol. The minimum atomic E-state index is -0.197. The van der Waals surface area contributed by atoms with Crippen LogP contribution in [0.3, 0.4) is 0 Å². The monoisotopic (exact) mass is 360 g/mol. The Morgan fingerprint density at radius 1 is 1.12 bits per heavy atom. The van der Waals surface area contributed by atoms with Crippen molar-refractivity contribution in [3.05, 3.63) is 46.7 Å². The zero-order valence-corrected chi connectivity index (χ0v) is 14.5. The summed E-state index contributed by atoms with van der Waals surface area (Å²) in [5, 5.41) is 7.51. The van der Waals surface area contributed by atoms with Crippen molar-refractivity contribution in [1.29, 1.82) is 0 Å². The van der Waals surface area contributed by atoms with Crippen LogP contribution in [-0.2, 0) is 4.79 Å². The molecule has 132 valence electrons. The smallest absolute Gasteiger partial charge is 0.261 e. The lowest BCUT2D eigenvalue weighted by Gasteiger charge is -2.26. The molecule has 7 heteroatoms. The van der Waals surface area contributed by atoms with E-state index in [1.54, 1.807) is 6.07 Å². The number of rotatable bonds is 7. The van der Waals surface area contributed by atoms with Crippen LogP contribution in [0.5, 0.6) is 11.5 Å². The van der Waals surface area contributed by atoms with Crippen LogP contribution in [0.1, 0.15) is 22.5 Å². The van der Waals surface area contributed by atoms with Gasteiger partial charge in [0.15, 0.2) is 11.5 Å². The summed E-state index contributed by atoms with van der Waals surface area (Å²) in [5.74, 6) is 1.27. The van der Waals surface area contributed by atoms with Gasteiger partial charge in [-0.15, -0.1) is 11.3 Å². The van der Waals surface area contributed by atoms with Crippen molar-refractivity contribution in [3.63, 3.8) is 0 Å². The van der Waals surface area contributed by atoms with Crippen molar-refractivity contribution >= 4 is 23.2 Å². The van der Waals surface area contributed by atoms with Crippen LogP contribution >= 0.6 is 11.3 Å². The van der Waals surface area contributed by atoms with Gasteiger partial charge < -0.3 is 20.1 Å². The first-order valence-corrected chi connectivity index (χ1v) is 9.07.